The standard InChI is InChI=1S/C21H20N2O2S/c1-13-18(22-2)19(26-23-13)16-5-3-14(4-6-16)15-7-9-17(10-8-15)21(11-12-21)20(24)25/h3-10,22H,11-12H2,1-2H3,(H,24,25). The zero-order valence-corrected chi connectivity index (χ0v) is 15.6. The lowest BCUT2D eigenvalue weighted by Crippen LogP contribution is -2.19. The Hall–Kier alpha value is -2.66. The first-order chi connectivity index (χ1) is 12.5. The van der Waals surface area contributed by atoms with E-state index in [9.17, 15) is 9.90 Å². The van der Waals surface area contributed by atoms with Crippen LogP contribution in [0.25, 0.3) is 21.6 Å². The molecule has 4 nitrogen and oxygen atoms in total. The van der Waals surface area contributed by atoms with Crippen LogP contribution in [0.5, 0.6) is 0 Å². The van der Waals surface area contributed by atoms with E-state index in [1.165, 1.54) is 11.5 Å². The van der Waals surface area contributed by atoms with Crippen molar-refractivity contribution in [2.45, 2.75) is 25.2 Å². The summed E-state index contributed by atoms with van der Waals surface area (Å²) in [7, 11) is 1.92. The average Bonchev–Trinajstić information content (AvgIpc) is 3.40. The molecule has 5 heteroatoms. The zero-order valence-electron chi connectivity index (χ0n) is 14.7. The Balaban J connectivity index is 1.60. The minimum Gasteiger partial charge on any atom is -0.481 e. The Kier molecular flexibility index (Phi) is 4.04. The number of hydrogen-bond donors (Lipinski definition) is 2. The van der Waals surface area contributed by atoms with Crippen LogP contribution >= 0.6 is 11.5 Å². The molecule has 0 radical (unpaired) electrons. The van der Waals surface area contributed by atoms with Crippen molar-refractivity contribution in [2.24, 2.45) is 0 Å². The summed E-state index contributed by atoms with van der Waals surface area (Å²) in [6, 6.07) is 16.4. The number of benzene rings is 2. The highest BCUT2D eigenvalue weighted by Crippen LogP contribution is 2.48. The maximum Gasteiger partial charge on any atom is 0.314 e. The number of anilines is 1. The second kappa shape index (κ2) is 6.25. The molecular weight excluding hydrogens is 344 g/mol. The Morgan fingerprint density at radius 3 is 2.08 bits per heavy atom. The van der Waals surface area contributed by atoms with Crippen molar-refractivity contribution in [3.8, 4) is 21.6 Å². The molecule has 1 fully saturated rings. The quantitative estimate of drug-likeness (QED) is 0.673. The number of hydrogen-bond acceptors (Lipinski definition) is 4. The van der Waals surface area contributed by atoms with E-state index in [1.54, 1.807) is 0 Å². The van der Waals surface area contributed by atoms with Crippen molar-refractivity contribution >= 4 is 23.2 Å². The molecule has 1 aliphatic carbocycles. The number of aryl methyl sites for hydroxylation is 1. The van der Waals surface area contributed by atoms with Crippen LogP contribution in [-0.2, 0) is 10.2 Å². The van der Waals surface area contributed by atoms with Gasteiger partial charge in [-0.15, -0.1) is 0 Å². The normalized spacial score (nSPS) is 14.8. The molecule has 2 aromatic carbocycles. The number of aliphatic carboxylic acids is 1. The van der Waals surface area contributed by atoms with Gasteiger partial charge in [0.1, 0.15) is 0 Å². The third kappa shape index (κ3) is 2.69. The lowest BCUT2D eigenvalue weighted by Gasteiger charge is -2.11. The van der Waals surface area contributed by atoms with Gasteiger partial charge in [0.2, 0.25) is 0 Å². The van der Waals surface area contributed by atoms with E-state index >= 15 is 0 Å². The Morgan fingerprint density at radius 2 is 1.58 bits per heavy atom. The largest absolute Gasteiger partial charge is 0.481 e. The summed E-state index contributed by atoms with van der Waals surface area (Å²) in [6.45, 7) is 2.01. The average molecular weight is 364 g/mol. The van der Waals surface area contributed by atoms with E-state index in [2.05, 4.69) is 34.0 Å². The molecule has 2 N–H and O–H groups in total. The smallest absolute Gasteiger partial charge is 0.314 e. The highest BCUT2D eigenvalue weighted by molar-refractivity contribution is 7.10. The predicted molar refractivity (Wildman–Crippen MR) is 106 cm³/mol. The van der Waals surface area contributed by atoms with E-state index < -0.39 is 11.4 Å². The lowest BCUT2D eigenvalue weighted by molar-refractivity contribution is -0.140. The highest BCUT2D eigenvalue weighted by Gasteiger charge is 2.51. The number of rotatable bonds is 5. The summed E-state index contributed by atoms with van der Waals surface area (Å²) in [5.74, 6) is -0.713. The van der Waals surface area contributed by atoms with Crippen LogP contribution in [0, 0.1) is 6.92 Å². The van der Waals surface area contributed by atoms with Gasteiger partial charge in [-0.1, -0.05) is 48.5 Å². The van der Waals surface area contributed by atoms with Gasteiger partial charge in [0, 0.05) is 7.05 Å². The highest BCUT2D eigenvalue weighted by atomic mass is 32.1. The molecule has 0 atom stereocenters. The Morgan fingerprint density at radius 1 is 1.04 bits per heavy atom. The topological polar surface area (TPSA) is 62.2 Å². The molecule has 3 aromatic rings. The van der Waals surface area contributed by atoms with Gasteiger partial charge in [-0.25, -0.2) is 0 Å². The van der Waals surface area contributed by atoms with Crippen LogP contribution in [0.3, 0.4) is 0 Å². The summed E-state index contributed by atoms with van der Waals surface area (Å²) < 4.78 is 4.43. The lowest BCUT2D eigenvalue weighted by atomic mass is 9.93. The van der Waals surface area contributed by atoms with E-state index in [0.717, 1.165) is 51.4 Å². The van der Waals surface area contributed by atoms with Crippen LogP contribution in [0.15, 0.2) is 48.5 Å². The zero-order chi connectivity index (χ0) is 18.3. The van der Waals surface area contributed by atoms with Gasteiger partial charge >= 0.3 is 5.97 Å². The number of aromatic nitrogens is 1. The minimum atomic E-state index is -0.713. The Labute approximate surface area is 156 Å². The monoisotopic (exact) mass is 364 g/mol. The molecule has 1 saturated carbocycles. The second-order valence-corrected chi connectivity index (χ2v) is 7.54. The fraction of sp³-hybridized carbons (Fsp3) is 0.238. The number of nitrogens with one attached hydrogen (secondary N) is 1. The molecule has 0 unspecified atom stereocenters. The minimum absolute atomic E-state index is 0.643. The molecule has 0 amide bonds. The number of nitrogens with zero attached hydrogens (tertiary/aromatic N) is 1. The Bertz CT molecular complexity index is 955. The first-order valence-corrected chi connectivity index (χ1v) is 9.41. The van der Waals surface area contributed by atoms with Crippen molar-refractivity contribution in [2.75, 3.05) is 12.4 Å². The number of carbonyl (C=O) groups is 1. The summed E-state index contributed by atoms with van der Waals surface area (Å²) in [5, 5.41) is 12.6. The van der Waals surface area contributed by atoms with Gasteiger partial charge in [0.25, 0.3) is 0 Å². The molecule has 0 bridgehead atoms. The van der Waals surface area contributed by atoms with Gasteiger partial charge in [0.15, 0.2) is 0 Å². The van der Waals surface area contributed by atoms with Crippen molar-refractivity contribution in [1.82, 2.24) is 4.37 Å². The maximum atomic E-state index is 11.5. The third-order valence-corrected chi connectivity index (χ3v) is 6.18. The van der Waals surface area contributed by atoms with Crippen molar-refractivity contribution in [3.05, 3.63) is 59.8 Å². The first-order valence-electron chi connectivity index (χ1n) is 8.64. The van der Waals surface area contributed by atoms with E-state index in [0.29, 0.717) is 0 Å². The van der Waals surface area contributed by atoms with E-state index in [-0.39, 0.29) is 0 Å². The molecule has 1 heterocycles. The van der Waals surface area contributed by atoms with Crippen LogP contribution in [0.1, 0.15) is 24.1 Å². The van der Waals surface area contributed by atoms with Gasteiger partial charge < -0.3 is 10.4 Å². The molecule has 132 valence electrons. The first kappa shape index (κ1) is 16.8. The van der Waals surface area contributed by atoms with Crippen LogP contribution < -0.4 is 5.32 Å². The molecule has 0 saturated heterocycles. The maximum absolute atomic E-state index is 11.5. The molecule has 0 aliphatic heterocycles. The summed E-state index contributed by atoms with van der Waals surface area (Å²) in [4.78, 5) is 12.6. The van der Waals surface area contributed by atoms with Gasteiger partial charge in [0.05, 0.1) is 21.7 Å². The fourth-order valence-corrected chi connectivity index (χ4v) is 4.31. The number of carboxylic acids is 1. The second-order valence-electron chi connectivity index (χ2n) is 6.76. The van der Waals surface area contributed by atoms with E-state index in [4.69, 9.17) is 0 Å². The van der Waals surface area contributed by atoms with Gasteiger partial charge in [-0.3, -0.25) is 4.79 Å². The molecule has 1 aromatic heterocycles. The van der Waals surface area contributed by atoms with Crippen molar-refractivity contribution in [3.63, 3.8) is 0 Å². The van der Waals surface area contributed by atoms with E-state index in [1.807, 2.05) is 38.2 Å². The third-order valence-electron chi connectivity index (χ3n) is 5.19. The summed E-state index contributed by atoms with van der Waals surface area (Å²) >= 11 is 1.50. The molecular formula is C21H20N2O2S. The van der Waals surface area contributed by atoms with Gasteiger partial charge in [-0.2, -0.15) is 4.37 Å². The van der Waals surface area contributed by atoms with Gasteiger partial charge in [-0.05, 0) is 53.6 Å². The molecule has 0 spiro atoms. The summed E-state index contributed by atoms with van der Waals surface area (Å²) in [6.07, 6.45) is 1.47. The molecule has 26 heavy (non-hydrogen) atoms. The predicted octanol–water partition coefficient (Wildman–Crippen LogP) is 4.94. The van der Waals surface area contributed by atoms with Crippen molar-refractivity contribution < 1.29 is 9.90 Å². The number of carboxylic acid groups (broad SMARTS) is 1. The SMILES string of the molecule is CNc1c(C)nsc1-c1ccc(-c2ccc(C3(C(=O)O)CC3)cc2)cc1. The van der Waals surface area contributed by atoms with Crippen LogP contribution in [-0.4, -0.2) is 22.5 Å². The fourth-order valence-electron chi connectivity index (χ4n) is 3.41. The molecule has 1 aliphatic rings. The van der Waals surface area contributed by atoms with Crippen LogP contribution in [0.4, 0.5) is 5.69 Å². The summed E-state index contributed by atoms with van der Waals surface area (Å²) in [5.41, 5.74) is 5.71. The van der Waals surface area contributed by atoms with Crippen molar-refractivity contribution in [1.29, 1.82) is 0 Å². The van der Waals surface area contributed by atoms with Crippen LogP contribution in [0.2, 0.25) is 0 Å². The molecule has 4 rings (SSSR count).